The molecule has 2 heterocycles. The lowest BCUT2D eigenvalue weighted by molar-refractivity contribution is 0.171. The van der Waals surface area contributed by atoms with Gasteiger partial charge in [-0.05, 0) is 24.3 Å². The topological polar surface area (TPSA) is 24.9 Å². The van der Waals surface area contributed by atoms with E-state index in [0.717, 1.165) is 60.6 Å². The summed E-state index contributed by atoms with van der Waals surface area (Å²) in [7, 11) is 0. The van der Waals surface area contributed by atoms with E-state index in [1.54, 1.807) is 11.8 Å². The van der Waals surface area contributed by atoms with Gasteiger partial charge < -0.3 is 14.4 Å². The van der Waals surface area contributed by atoms with Crippen molar-refractivity contribution >= 4 is 40.7 Å². The number of ether oxygens (including phenoxy) is 2. The van der Waals surface area contributed by atoms with Gasteiger partial charge in [0.05, 0.1) is 15.7 Å². The summed E-state index contributed by atoms with van der Waals surface area (Å²) in [5, 5.41) is 1.28. The van der Waals surface area contributed by atoms with E-state index in [4.69, 9.17) is 32.7 Å². The molecule has 7 heteroatoms. The van der Waals surface area contributed by atoms with Gasteiger partial charge in [-0.15, -0.1) is 11.8 Å². The molecule has 0 unspecified atom stereocenters. The number of nitrogens with zero attached hydrogens (tertiary/aromatic N) is 2. The Balaban J connectivity index is 1.29. The molecule has 2 aliphatic heterocycles. The highest BCUT2D eigenvalue weighted by atomic mass is 35.5. The first-order valence-corrected chi connectivity index (χ1v) is 10.9. The highest BCUT2D eigenvalue weighted by molar-refractivity contribution is 7.99. The van der Waals surface area contributed by atoms with Crippen molar-refractivity contribution in [1.29, 1.82) is 0 Å². The standard InChI is InChI=1S/C20H22Cl2N2O2S/c21-15-3-1-6-18(19(15)22)27-14-11-23-7-9-24(10-8-23)16-4-2-5-17-20(16)26-13-12-25-17/h1-6H,7-14H2. The second kappa shape index (κ2) is 8.82. The minimum Gasteiger partial charge on any atom is -0.486 e. The number of rotatable bonds is 5. The van der Waals surface area contributed by atoms with Gasteiger partial charge in [-0.25, -0.2) is 0 Å². The molecule has 0 amide bonds. The molecule has 27 heavy (non-hydrogen) atoms. The normalized spacial score (nSPS) is 17.2. The number of piperazine rings is 1. The third kappa shape index (κ3) is 4.43. The number of benzene rings is 2. The van der Waals surface area contributed by atoms with Crippen LogP contribution in [-0.4, -0.2) is 56.6 Å². The van der Waals surface area contributed by atoms with Crippen LogP contribution >= 0.6 is 35.0 Å². The van der Waals surface area contributed by atoms with E-state index in [0.29, 0.717) is 23.3 Å². The van der Waals surface area contributed by atoms with Crippen LogP contribution in [0.2, 0.25) is 10.0 Å². The number of thioether (sulfide) groups is 1. The predicted octanol–water partition coefficient (Wildman–Crippen LogP) is 4.68. The van der Waals surface area contributed by atoms with Crippen molar-refractivity contribution in [3.8, 4) is 11.5 Å². The second-order valence-electron chi connectivity index (χ2n) is 6.53. The summed E-state index contributed by atoms with van der Waals surface area (Å²) < 4.78 is 11.6. The fourth-order valence-corrected chi connectivity index (χ4v) is 4.90. The Hall–Kier alpha value is -1.27. The van der Waals surface area contributed by atoms with E-state index in [1.807, 2.05) is 30.3 Å². The van der Waals surface area contributed by atoms with Crippen LogP contribution in [0.25, 0.3) is 0 Å². The fourth-order valence-electron chi connectivity index (χ4n) is 3.40. The zero-order chi connectivity index (χ0) is 18.6. The lowest BCUT2D eigenvalue weighted by Crippen LogP contribution is -2.47. The monoisotopic (exact) mass is 424 g/mol. The Kier molecular flexibility index (Phi) is 6.23. The molecule has 0 aromatic heterocycles. The molecule has 4 nitrogen and oxygen atoms in total. The van der Waals surface area contributed by atoms with Gasteiger partial charge in [0.15, 0.2) is 11.5 Å². The van der Waals surface area contributed by atoms with Crippen molar-refractivity contribution in [3.05, 3.63) is 46.4 Å². The Labute approximate surface area is 174 Å². The van der Waals surface area contributed by atoms with E-state index in [-0.39, 0.29) is 0 Å². The summed E-state index contributed by atoms with van der Waals surface area (Å²) >= 11 is 14.1. The molecule has 0 bridgehead atoms. The third-order valence-electron chi connectivity index (χ3n) is 4.84. The quantitative estimate of drug-likeness (QED) is 0.648. The van der Waals surface area contributed by atoms with Crippen molar-refractivity contribution < 1.29 is 9.47 Å². The maximum absolute atomic E-state index is 6.26. The first kappa shape index (κ1) is 19.1. The average Bonchev–Trinajstić information content (AvgIpc) is 2.71. The zero-order valence-corrected chi connectivity index (χ0v) is 17.3. The van der Waals surface area contributed by atoms with E-state index in [2.05, 4.69) is 15.9 Å². The lowest BCUT2D eigenvalue weighted by Gasteiger charge is -2.37. The van der Waals surface area contributed by atoms with Gasteiger partial charge in [-0.1, -0.05) is 35.3 Å². The number of fused-ring (bicyclic) bond motifs is 1. The number of hydrogen-bond donors (Lipinski definition) is 0. The number of para-hydroxylation sites is 1. The molecular weight excluding hydrogens is 403 g/mol. The highest BCUT2D eigenvalue weighted by Crippen LogP contribution is 2.39. The molecule has 0 N–H and O–H groups in total. The minimum absolute atomic E-state index is 0.618. The summed E-state index contributed by atoms with van der Waals surface area (Å²) in [6.45, 7) is 6.33. The van der Waals surface area contributed by atoms with E-state index < -0.39 is 0 Å². The molecule has 1 saturated heterocycles. The Morgan fingerprint density at radius 2 is 1.70 bits per heavy atom. The van der Waals surface area contributed by atoms with Crippen molar-refractivity contribution in [2.45, 2.75) is 4.90 Å². The molecular formula is C20H22Cl2N2O2S. The van der Waals surface area contributed by atoms with Crippen LogP contribution in [0.5, 0.6) is 11.5 Å². The van der Waals surface area contributed by atoms with Crippen LogP contribution in [0.4, 0.5) is 5.69 Å². The number of halogens is 2. The highest BCUT2D eigenvalue weighted by Gasteiger charge is 2.23. The van der Waals surface area contributed by atoms with Crippen molar-refractivity contribution in [1.82, 2.24) is 4.90 Å². The summed E-state index contributed by atoms with van der Waals surface area (Å²) in [5.41, 5.74) is 1.15. The Morgan fingerprint density at radius 1 is 0.926 bits per heavy atom. The first-order chi connectivity index (χ1) is 13.2. The molecule has 1 fully saturated rings. The molecule has 0 radical (unpaired) electrons. The van der Waals surface area contributed by atoms with Crippen molar-refractivity contribution in [2.75, 3.05) is 56.6 Å². The van der Waals surface area contributed by atoms with E-state index in [1.165, 1.54) is 0 Å². The average molecular weight is 425 g/mol. The molecule has 2 aromatic carbocycles. The minimum atomic E-state index is 0.618. The molecule has 0 aliphatic carbocycles. The third-order valence-corrected chi connectivity index (χ3v) is 6.81. The Bertz CT molecular complexity index is 798. The molecule has 144 valence electrons. The maximum atomic E-state index is 6.26. The molecule has 2 aliphatic rings. The van der Waals surface area contributed by atoms with Crippen LogP contribution in [0, 0.1) is 0 Å². The molecule has 2 aromatic rings. The van der Waals surface area contributed by atoms with Gasteiger partial charge in [-0.2, -0.15) is 0 Å². The predicted molar refractivity (Wildman–Crippen MR) is 113 cm³/mol. The smallest absolute Gasteiger partial charge is 0.184 e. The molecule has 0 spiro atoms. The Morgan fingerprint density at radius 3 is 2.56 bits per heavy atom. The van der Waals surface area contributed by atoms with Crippen LogP contribution in [0.15, 0.2) is 41.3 Å². The molecule has 0 atom stereocenters. The summed E-state index contributed by atoms with van der Waals surface area (Å²) in [6.07, 6.45) is 0. The SMILES string of the molecule is Clc1cccc(SCCN2CCN(c3cccc4c3OCCO4)CC2)c1Cl. The van der Waals surface area contributed by atoms with Crippen LogP contribution in [0.1, 0.15) is 0 Å². The zero-order valence-electron chi connectivity index (χ0n) is 15.0. The van der Waals surface area contributed by atoms with Crippen LogP contribution in [0.3, 0.4) is 0 Å². The fraction of sp³-hybridized carbons (Fsp3) is 0.400. The molecule has 4 rings (SSSR count). The van der Waals surface area contributed by atoms with E-state index >= 15 is 0 Å². The largest absolute Gasteiger partial charge is 0.486 e. The number of anilines is 1. The van der Waals surface area contributed by atoms with Gasteiger partial charge in [-0.3, -0.25) is 4.90 Å². The maximum Gasteiger partial charge on any atom is 0.184 e. The molecule has 0 saturated carbocycles. The van der Waals surface area contributed by atoms with Gasteiger partial charge in [0.1, 0.15) is 13.2 Å². The second-order valence-corrected chi connectivity index (χ2v) is 8.45. The van der Waals surface area contributed by atoms with E-state index in [9.17, 15) is 0 Å². The number of hydrogen-bond acceptors (Lipinski definition) is 5. The first-order valence-electron chi connectivity index (χ1n) is 9.15. The van der Waals surface area contributed by atoms with Crippen molar-refractivity contribution in [3.63, 3.8) is 0 Å². The summed E-state index contributed by atoms with van der Waals surface area (Å²) in [6, 6.07) is 11.9. The van der Waals surface area contributed by atoms with Crippen LogP contribution in [-0.2, 0) is 0 Å². The summed E-state index contributed by atoms with van der Waals surface area (Å²) in [5.74, 6) is 2.75. The van der Waals surface area contributed by atoms with Gasteiger partial charge in [0, 0.05) is 43.4 Å². The van der Waals surface area contributed by atoms with Gasteiger partial charge >= 0.3 is 0 Å². The van der Waals surface area contributed by atoms with Crippen LogP contribution < -0.4 is 14.4 Å². The summed E-state index contributed by atoms with van der Waals surface area (Å²) in [4.78, 5) is 5.94. The lowest BCUT2D eigenvalue weighted by atomic mass is 10.2. The van der Waals surface area contributed by atoms with Gasteiger partial charge in [0.25, 0.3) is 0 Å². The van der Waals surface area contributed by atoms with Crippen molar-refractivity contribution in [2.24, 2.45) is 0 Å². The van der Waals surface area contributed by atoms with Gasteiger partial charge in [0.2, 0.25) is 0 Å².